The molecule has 124 valence electrons. The molecule has 2 heterocycles. The van der Waals surface area contributed by atoms with Gasteiger partial charge in [-0.25, -0.2) is 19.5 Å². The van der Waals surface area contributed by atoms with Crippen molar-refractivity contribution in [2.24, 2.45) is 0 Å². The summed E-state index contributed by atoms with van der Waals surface area (Å²) in [6.07, 6.45) is 1.38. The lowest BCUT2D eigenvalue weighted by Gasteiger charge is -2.11. The Morgan fingerprint density at radius 1 is 1.12 bits per heavy atom. The third-order valence-corrected chi connectivity index (χ3v) is 3.36. The Kier molecular flexibility index (Phi) is 4.33. The minimum atomic E-state index is 0.0195. The maximum atomic E-state index is 10.1. The fourth-order valence-corrected chi connectivity index (χ4v) is 2.43. The highest BCUT2D eigenvalue weighted by Gasteiger charge is 2.13. The van der Waals surface area contributed by atoms with Crippen LogP contribution in [0, 0.1) is 13.8 Å². The second kappa shape index (κ2) is 6.57. The molecule has 0 spiro atoms. The highest BCUT2D eigenvalue weighted by Crippen LogP contribution is 2.26. The molecule has 0 saturated heterocycles. The van der Waals surface area contributed by atoms with Gasteiger partial charge in [0.25, 0.3) is 0 Å². The molecular weight excluding hydrogens is 306 g/mol. The van der Waals surface area contributed by atoms with Crippen LogP contribution in [0.15, 0.2) is 36.5 Å². The summed E-state index contributed by atoms with van der Waals surface area (Å²) in [7, 11) is 0. The van der Waals surface area contributed by atoms with Crippen molar-refractivity contribution >= 4 is 11.9 Å². The third-order valence-electron chi connectivity index (χ3n) is 3.36. The van der Waals surface area contributed by atoms with Crippen LogP contribution < -0.4 is 10.1 Å². The summed E-state index contributed by atoms with van der Waals surface area (Å²) in [5.74, 6) is 1.66. The second-order valence-electron chi connectivity index (χ2n) is 5.30. The predicted molar refractivity (Wildman–Crippen MR) is 91.2 cm³/mol. The molecule has 0 fully saturated rings. The van der Waals surface area contributed by atoms with Crippen LogP contribution in [0.5, 0.6) is 11.6 Å². The Balaban J connectivity index is 1.93. The largest absolute Gasteiger partial charge is 0.494 e. The van der Waals surface area contributed by atoms with Gasteiger partial charge in [0.05, 0.1) is 18.5 Å². The second-order valence-corrected chi connectivity index (χ2v) is 5.30. The number of aromatic nitrogens is 4. The Morgan fingerprint density at radius 2 is 1.79 bits per heavy atom. The van der Waals surface area contributed by atoms with Gasteiger partial charge < -0.3 is 9.84 Å². The van der Waals surface area contributed by atoms with E-state index in [1.807, 2.05) is 51.1 Å². The van der Waals surface area contributed by atoms with Gasteiger partial charge in [0.1, 0.15) is 5.75 Å². The van der Waals surface area contributed by atoms with E-state index >= 15 is 0 Å². The van der Waals surface area contributed by atoms with E-state index in [9.17, 15) is 5.11 Å². The zero-order valence-electron chi connectivity index (χ0n) is 13.8. The number of rotatable bonds is 5. The van der Waals surface area contributed by atoms with Gasteiger partial charge in [0.2, 0.25) is 17.8 Å². The Bertz CT molecular complexity index is 822. The lowest BCUT2D eigenvalue weighted by Crippen LogP contribution is -2.06. The molecule has 2 aromatic heterocycles. The summed E-state index contributed by atoms with van der Waals surface area (Å²) in [6.45, 7) is 6.33. The molecule has 1 aromatic carbocycles. The molecule has 0 amide bonds. The van der Waals surface area contributed by atoms with Gasteiger partial charge in [-0.3, -0.25) is 5.32 Å². The number of hydrogen-bond acceptors (Lipinski definition) is 6. The molecule has 3 aromatic rings. The van der Waals surface area contributed by atoms with Crippen molar-refractivity contribution in [3.63, 3.8) is 0 Å². The molecule has 0 aliphatic rings. The number of anilines is 2. The third kappa shape index (κ3) is 3.29. The Hall–Kier alpha value is -3.09. The van der Waals surface area contributed by atoms with Crippen LogP contribution in [-0.4, -0.2) is 31.2 Å². The van der Waals surface area contributed by atoms with E-state index in [0.717, 1.165) is 22.8 Å². The Labute approximate surface area is 140 Å². The topological polar surface area (TPSA) is 85.1 Å². The van der Waals surface area contributed by atoms with E-state index in [2.05, 4.69) is 20.3 Å². The van der Waals surface area contributed by atoms with Crippen molar-refractivity contribution < 1.29 is 9.84 Å². The molecule has 24 heavy (non-hydrogen) atoms. The average molecular weight is 325 g/mol. The number of benzene rings is 1. The molecule has 0 bridgehead atoms. The number of nitrogens with zero attached hydrogens (tertiary/aromatic N) is 4. The van der Waals surface area contributed by atoms with Crippen molar-refractivity contribution in [2.75, 3.05) is 11.9 Å². The van der Waals surface area contributed by atoms with E-state index in [1.54, 1.807) is 4.57 Å². The van der Waals surface area contributed by atoms with Crippen molar-refractivity contribution in [3.05, 3.63) is 47.9 Å². The Morgan fingerprint density at radius 3 is 2.42 bits per heavy atom. The van der Waals surface area contributed by atoms with Crippen LogP contribution in [0.25, 0.3) is 5.69 Å². The molecule has 0 saturated carbocycles. The van der Waals surface area contributed by atoms with Crippen LogP contribution in [0.1, 0.15) is 18.3 Å². The quantitative estimate of drug-likeness (QED) is 0.749. The smallest absolute Gasteiger partial charge is 0.229 e. The summed E-state index contributed by atoms with van der Waals surface area (Å²) in [4.78, 5) is 12.9. The summed E-state index contributed by atoms with van der Waals surface area (Å²) in [5, 5.41) is 13.2. The minimum Gasteiger partial charge on any atom is -0.494 e. The van der Waals surface area contributed by atoms with E-state index in [1.165, 1.54) is 6.20 Å². The molecule has 0 aliphatic carbocycles. The average Bonchev–Trinajstić information content (AvgIpc) is 2.88. The van der Waals surface area contributed by atoms with Gasteiger partial charge in [-0.15, -0.1) is 0 Å². The number of nitrogens with one attached hydrogen (secondary N) is 1. The first kappa shape index (κ1) is 15.8. The summed E-state index contributed by atoms with van der Waals surface area (Å²) in [6, 6.07) is 9.27. The van der Waals surface area contributed by atoms with Crippen molar-refractivity contribution in [2.45, 2.75) is 20.8 Å². The first-order valence-corrected chi connectivity index (χ1v) is 7.66. The monoisotopic (exact) mass is 325 g/mol. The van der Waals surface area contributed by atoms with E-state index in [0.29, 0.717) is 18.5 Å². The van der Waals surface area contributed by atoms with Crippen molar-refractivity contribution in [3.8, 4) is 17.3 Å². The summed E-state index contributed by atoms with van der Waals surface area (Å²) < 4.78 is 7.02. The summed E-state index contributed by atoms with van der Waals surface area (Å²) >= 11 is 0. The van der Waals surface area contributed by atoms with E-state index in [4.69, 9.17) is 4.74 Å². The van der Waals surface area contributed by atoms with Crippen LogP contribution in [0.2, 0.25) is 0 Å². The zero-order valence-corrected chi connectivity index (χ0v) is 13.8. The highest BCUT2D eigenvalue weighted by atomic mass is 16.5. The van der Waals surface area contributed by atoms with Gasteiger partial charge in [-0.2, -0.15) is 0 Å². The van der Waals surface area contributed by atoms with Crippen LogP contribution in [0.3, 0.4) is 0 Å². The number of hydrogen-bond donors (Lipinski definition) is 2. The van der Waals surface area contributed by atoms with Gasteiger partial charge in [0.15, 0.2) is 0 Å². The number of aromatic hydroxyl groups is 1. The molecule has 7 heteroatoms. The first-order chi connectivity index (χ1) is 11.6. The molecule has 3 rings (SSSR count). The zero-order chi connectivity index (χ0) is 17.1. The maximum absolute atomic E-state index is 10.1. The lowest BCUT2D eigenvalue weighted by atomic mass is 10.3. The molecule has 0 atom stereocenters. The fourth-order valence-electron chi connectivity index (χ4n) is 2.43. The molecule has 0 radical (unpaired) electrons. The fraction of sp³-hybridized carbons (Fsp3) is 0.235. The highest BCUT2D eigenvalue weighted by molar-refractivity contribution is 5.53. The van der Waals surface area contributed by atoms with Gasteiger partial charge in [0, 0.05) is 11.4 Å². The van der Waals surface area contributed by atoms with E-state index in [-0.39, 0.29) is 5.88 Å². The molecule has 2 N–H and O–H groups in total. The SMILES string of the molecule is CCOc1ccc(-n2c(O)cnc2Nc2nc(C)cc(C)n2)cc1. The molecule has 0 aliphatic heterocycles. The normalized spacial score (nSPS) is 10.6. The standard InChI is InChI=1S/C17H19N5O2/c1-4-24-14-7-5-13(6-8-14)22-15(23)10-18-17(22)21-16-19-11(2)9-12(3)20-16/h5-10,23H,4H2,1-3H3,(H,18,19,20,21). The lowest BCUT2D eigenvalue weighted by molar-refractivity contribution is 0.340. The first-order valence-electron chi connectivity index (χ1n) is 7.66. The predicted octanol–water partition coefficient (Wildman–Crippen LogP) is 3.13. The van der Waals surface area contributed by atoms with Crippen molar-refractivity contribution in [1.29, 1.82) is 0 Å². The van der Waals surface area contributed by atoms with E-state index < -0.39 is 0 Å². The molecule has 7 nitrogen and oxygen atoms in total. The van der Waals surface area contributed by atoms with Gasteiger partial charge in [-0.1, -0.05) is 0 Å². The number of aryl methyl sites for hydroxylation is 2. The maximum Gasteiger partial charge on any atom is 0.229 e. The van der Waals surface area contributed by atoms with Gasteiger partial charge >= 0.3 is 0 Å². The van der Waals surface area contributed by atoms with Gasteiger partial charge in [-0.05, 0) is 51.1 Å². The molecular formula is C17H19N5O2. The van der Waals surface area contributed by atoms with Crippen LogP contribution in [-0.2, 0) is 0 Å². The number of imidazole rings is 1. The van der Waals surface area contributed by atoms with Crippen LogP contribution in [0.4, 0.5) is 11.9 Å². The van der Waals surface area contributed by atoms with Crippen molar-refractivity contribution in [1.82, 2.24) is 19.5 Å². The summed E-state index contributed by atoms with van der Waals surface area (Å²) in [5.41, 5.74) is 2.46. The van der Waals surface area contributed by atoms with Crippen LogP contribution >= 0.6 is 0 Å². The minimum absolute atomic E-state index is 0.0195. The molecule has 0 unspecified atom stereocenters. The number of ether oxygens (including phenoxy) is 1.